The van der Waals surface area contributed by atoms with Gasteiger partial charge in [-0.2, -0.15) is 0 Å². The van der Waals surface area contributed by atoms with Gasteiger partial charge in [-0.25, -0.2) is 4.79 Å². The van der Waals surface area contributed by atoms with Gasteiger partial charge >= 0.3 is 5.97 Å². The number of likely N-dealkylation sites (N-methyl/N-ethyl adjacent to an activating group) is 1. The Morgan fingerprint density at radius 2 is 2.00 bits per heavy atom. The minimum atomic E-state index is -0.972. The molecular weight excluding hydrogens is 234 g/mol. The van der Waals surface area contributed by atoms with Crippen LogP contribution in [-0.4, -0.2) is 35.1 Å². The maximum absolute atomic E-state index is 11.5. The molecule has 1 unspecified atom stereocenters. The number of amides is 1. The molecule has 18 heavy (non-hydrogen) atoms. The number of carbonyl (C=O) groups excluding carboxylic acids is 1. The summed E-state index contributed by atoms with van der Waals surface area (Å²) < 4.78 is 0. The van der Waals surface area contributed by atoms with E-state index < -0.39 is 17.9 Å². The number of carboxylic acids is 1. The van der Waals surface area contributed by atoms with Crippen molar-refractivity contribution >= 4 is 17.6 Å². The standard InChI is InChI=1S/C12H17N3O3/c1-6-5-9(15(4)8(3)12(17)18)10(11(13)16)7(2)14-6/h5,8H,1-4H3,(H2,13,16)(H,17,18). The average molecular weight is 251 g/mol. The summed E-state index contributed by atoms with van der Waals surface area (Å²) in [6.07, 6.45) is 0. The molecule has 0 bridgehead atoms. The summed E-state index contributed by atoms with van der Waals surface area (Å²) in [7, 11) is 1.61. The maximum Gasteiger partial charge on any atom is 0.326 e. The zero-order chi connectivity index (χ0) is 14.0. The Hall–Kier alpha value is -2.11. The van der Waals surface area contributed by atoms with Crippen molar-refractivity contribution in [2.75, 3.05) is 11.9 Å². The number of aromatic nitrogens is 1. The van der Waals surface area contributed by atoms with Crippen molar-refractivity contribution in [3.8, 4) is 0 Å². The van der Waals surface area contributed by atoms with Gasteiger partial charge < -0.3 is 15.7 Å². The molecule has 0 aromatic carbocycles. The van der Waals surface area contributed by atoms with Crippen LogP contribution in [-0.2, 0) is 4.79 Å². The number of aliphatic carboxylic acids is 1. The molecule has 6 heteroatoms. The summed E-state index contributed by atoms with van der Waals surface area (Å²) in [4.78, 5) is 28.1. The molecule has 1 atom stereocenters. The van der Waals surface area contributed by atoms with E-state index in [9.17, 15) is 9.59 Å². The third-order valence-electron chi connectivity index (χ3n) is 2.87. The van der Waals surface area contributed by atoms with Crippen molar-refractivity contribution < 1.29 is 14.7 Å². The van der Waals surface area contributed by atoms with Gasteiger partial charge in [-0.3, -0.25) is 9.78 Å². The lowest BCUT2D eigenvalue weighted by atomic mass is 10.1. The second-order valence-electron chi connectivity index (χ2n) is 4.23. The lowest BCUT2D eigenvalue weighted by molar-refractivity contribution is -0.138. The van der Waals surface area contributed by atoms with Gasteiger partial charge in [0, 0.05) is 12.7 Å². The normalized spacial score (nSPS) is 12.0. The predicted octanol–water partition coefficient (Wildman–Crippen LogP) is 0.707. The van der Waals surface area contributed by atoms with Crippen molar-refractivity contribution in [2.45, 2.75) is 26.8 Å². The average Bonchev–Trinajstić information content (AvgIpc) is 2.24. The van der Waals surface area contributed by atoms with Gasteiger partial charge in [-0.15, -0.1) is 0 Å². The maximum atomic E-state index is 11.5. The first-order chi connectivity index (χ1) is 8.25. The largest absolute Gasteiger partial charge is 0.480 e. The van der Waals surface area contributed by atoms with Crippen molar-refractivity contribution in [2.24, 2.45) is 5.73 Å². The van der Waals surface area contributed by atoms with Crippen LogP contribution < -0.4 is 10.6 Å². The van der Waals surface area contributed by atoms with Crippen LogP contribution in [0.4, 0.5) is 5.69 Å². The molecule has 0 aliphatic rings. The first-order valence-electron chi connectivity index (χ1n) is 5.49. The van der Waals surface area contributed by atoms with E-state index in [1.165, 1.54) is 11.8 Å². The number of hydrogen-bond donors (Lipinski definition) is 2. The van der Waals surface area contributed by atoms with Crippen LogP contribution >= 0.6 is 0 Å². The first-order valence-corrected chi connectivity index (χ1v) is 5.49. The molecule has 0 spiro atoms. The van der Waals surface area contributed by atoms with Gasteiger partial charge in [0.05, 0.1) is 16.9 Å². The topological polar surface area (TPSA) is 96.5 Å². The molecule has 1 heterocycles. The van der Waals surface area contributed by atoms with Gasteiger partial charge in [0.25, 0.3) is 5.91 Å². The zero-order valence-electron chi connectivity index (χ0n) is 10.9. The number of hydrogen-bond acceptors (Lipinski definition) is 4. The molecule has 1 aromatic heterocycles. The van der Waals surface area contributed by atoms with E-state index in [-0.39, 0.29) is 5.56 Å². The van der Waals surface area contributed by atoms with E-state index >= 15 is 0 Å². The van der Waals surface area contributed by atoms with E-state index in [1.54, 1.807) is 27.0 Å². The molecule has 1 amide bonds. The van der Waals surface area contributed by atoms with Crippen molar-refractivity contribution in [1.29, 1.82) is 0 Å². The third-order valence-corrected chi connectivity index (χ3v) is 2.87. The van der Waals surface area contributed by atoms with Crippen LogP contribution in [0.15, 0.2) is 6.07 Å². The Morgan fingerprint density at radius 3 is 2.44 bits per heavy atom. The third kappa shape index (κ3) is 2.58. The van der Waals surface area contributed by atoms with Gasteiger partial charge in [0.2, 0.25) is 0 Å². The minimum Gasteiger partial charge on any atom is -0.480 e. The monoisotopic (exact) mass is 251 g/mol. The van der Waals surface area contributed by atoms with Crippen LogP contribution in [0, 0.1) is 13.8 Å². The number of nitrogens with two attached hydrogens (primary N) is 1. The van der Waals surface area contributed by atoms with Gasteiger partial charge in [-0.05, 0) is 26.8 Å². The summed E-state index contributed by atoms with van der Waals surface area (Å²) in [5.41, 5.74) is 7.28. The quantitative estimate of drug-likeness (QED) is 0.821. The molecule has 1 rings (SSSR count). The lowest BCUT2D eigenvalue weighted by Gasteiger charge is -2.26. The second-order valence-corrected chi connectivity index (χ2v) is 4.23. The van der Waals surface area contributed by atoms with E-state index in [4.69, 9.17) is 10.8 Å². The Kier molecular flexibility index (Phi) is 3.90. The summed E-state index contributed by atoms with van der Waals surface area (Å²) in [6.45, 7) is 4.99. The van der Waals surface area contributed by atoms with Crippen LogP contribution in [0.5, 0.6) is 0 Å². The Bertz CT molecular complexity index is 500. The summed E-state index contributed by atoms with van der Waals surface area (Å²) in [5, 5.41) is 9.01. The number of carbonyl (C=O) groups is 2. The summed E-state index contributed by atoms with van der Waals surface area (Å²) >= 11 is 0. The Balaban J connectivity index is 3.38. The molecule has 0 saturated carbocycles. The van der Waals surface area contributed by atoms with Crippen LogP contribution in [0.3, 0.4) is 0 Å². The molecule has 0 aliphatic heterocycles. The lowest BCUT2D eigenvalue weighted by Crippen LogP contribution is -2.37. The fourth-order valence-electron chi connectivity index (χ4n) is 1.77. The number of primary amides is 1. The van der Waals surface area contributed by atoms with E-state index in [1.807, 2.05) is 0 Å². The van der Waals surface area contributed by atoms with Gasteiger partial charge in [0.1, 0.15) is 6.04 Å². The molecule has 6 nitrogen and oxygen atoms in total. The van der Waals surface area contributed by atoms with Crippen LogP contribution in [0.25, 0.3) is 0 Å². The first kappa shape index (κ1) is 14.0. The zero-order valence-corrected chi connectivity index (χ0v) is 10.9. The van der Waals surface area contributed by atoms with E-state index in [2.05, 4.69) is 4.98 Å². The smallest absolute Gasteiger partial charge is 0.326 e. The molecular formula is C12H17N3O3. The molecule has 0 radical (unpaired) electrons. The number of aryl methyl sites for hydroxylation is 2. The van der Waals surface area contributed by atoms with E-state index in [0.29, 0.717) is 17.1 Å². The fourth-order valence-corrected chi connectivity index (χ4v) is 1.77. The Morgan fingerprint density at radius 1 is 1.44 bits per heavy atom. The van der Waals surface area contributed by atoms with Gasteiger partial charge in [-0.1, -0.05) is 0 Å². The fraction of sp³-hybridized carbons (Fsp3) is 0.417. The number of carboxylic acid groups (broad SMARTS) is 1. The SMILES string of the molecule is Cc1cc(N(C)C(C)C(=O)O)c(C(N)=O)c(C)n1. The Labute approximate surface area is 105 Å². The number of rotatable bonds is 4. The summed E-state index contributed by atoms with van der Waals surface area (Å²) in [5.74, 6) is -1.58. The second kappa shape index (κ2) is 5.03. The summed E-state index contributed by atoms with van der Waals surface area (Å²) in [6, 6.07) is 0.899. The van der Waals surface area contributed by atoms with Crippen molar-refractivity contribution in [3.05, 3.63) is 23.0 Å². The molecule has 0 saturated heterocycles. The number of pyridine rings is 1. The van der Waals surface area contributed by atoms with Crippen LogP contribution in [0.1, 0.15) is 28.7 Å². The molecule has 3 N–H and O–H groups in total. The highest BCUT2D eigenvalue weighted by Crippen LogP contribution is 2.24. The minimum absolute atomic E-state index is 0.260. The molecule has 1 aromatic rings. The van der Waals surface area contributed by atoms with Crippen molar-refractivity contribution in [1.82, 2.24) is 4.98 Å². The molecule has 98 valence electrons. The highest BCUT2D eigenvalue weighted by molar-refractivity contribution is 6.00. The molecule has 0 aliphatic carbocycles. The number of nitrogens with zero attached hydrogens (tertiary/aromatic N) is 2. The van der Waals surface area contributed by atoms with E-state index in [0.717, 1.165) is 0 Å². The predicted molar refractivity (Wildman–Crippen MR) is 67.7 cm³/mol. The van der Waals surface area contributed by atoms with Crippen molar-refractivity contribution in [3.63, 3.8) is 0 Å². The van der Waals surface area contributed by atoms with Gasteiger partial charge in [0.15, 0.2) is 0 Å². The highest BCUT2D eigenvalue weighted by Gasteiger charge is 2.23. The molecule has 0 fully saturated rings. The highest BCUT2D eigenvalue weighted by atomic mass is 16.4. The van der Waals surface area contributed by atoms with Crippen LogP contribution in [0.2, 0.25) is 0 Å². The number of anilines is 1.